The summed E-state index contributed by atoms with van der Waals surface area (Å²) in [5.74, 6) is 0. The Balaban J connectivity index is 2.35. The van der Waals surface area contributed by atoms with Crippen molar-refractivity contribution in [1.82, 2.24) is 4.98 Å². The molecule has 3 rings (SSSR count). The van der Waals surface area contributed by atoms with Gasteiger partial charge in [-0.25, -0.2) is 0 Å². The van der Waals surface area contributed by atoms with E-state index in [4.69, 9.17) is 17.3 Å². The average molecular weight is 269 g/mol. The predicted octanol–water partition coefficient (Wildman–Crippen LogP) is 4.01. The molecule has 0 aliphatic rings. The summed E-state index contributed by atoms with van der Waals surface area (Å²) < 4.78 is 0. The van der Waals surface area contributed by atoms with Gasteiger partial charge in [-0.2, -0.15) is 0 Å². The van der Waals surface area contributed by atoms with Crippen LogP contribution in [0.5, 0.6) is 0 Å². The van der Waals surface area contributed by atoms with E-state index in [1.807, 2.05) is 48.7 Å². The fourth-order valence-corrected chi connectivity index (χ4v) is 2.55. The van der Waals surface area contributed by atoms with E-state index in [2.05, 4.69) is 11.1 Å². The molecule has 3 aromatic rings. The van der Waals surface area contributed by atoms with Gasteiger partial charge in [-0.05, 0) is 11.5 Å². The molecular weight excluding hydrogens is 256 g/mol. The molecule has 0 bridgehead atoms. The number of fused-ring (bicyclic) bond motifs is 1. The highest BCUT2D eigenvalue weighted by Gasteiger charge is 2.09. The molecule has 0 aliphatic carbocycles. The summed E-state index contributed by atoms with van der Waals surface area (Å²) >= 11 is 6.28. The molecule has 0 radical (unpaired) electrons. The number of nitrogens with two attached hydrogens (primary N) is 1. The molecule has 2 aromatic carbocycles. The monoisotopic (exact) mass is 268 g/mol. The van der Waals surface area contributed by atoms with Crippen LogP contribution < -0.4 is 5.73 Å². The van der Waals surface area contributed by atoms with Crippen LogP contribution in [0, 0.1) is 0 Å². The maximum absolute atomic E-state index is 6.28. The van der Waals surface area contributed by atoms with Crippen LogP contribution >= 0.6 is 11.6 Å². The molecule has 1 heterocycles. The maximum atomic E-state index is 6.28. The number of hydrogen-bond donors (Lipinski definition) is 1. The van der Waals surface area contributed by atoms with E-state index < -0.39 is 0 Å². The van der Waals surface area contributed by atoms with Gasteiger partial charge in [0.1, 0.15) is 0 Å². The van der Waals surface area contributed by atoms with Crippen LogP contribution in [-0.2, 0) is 6.54 Å². The van der Waals surface area contributed by atoms with Crippen LogP contribution in [0.2, 0.25) is 5.02 Å². The molecule has 0 spiro atoms. The predicted molar refractivity (Wildman–Crippen MR) is 80.1 cm³/mol. The van der Waals surface area contributed by atoms with E-state index in [0.717, 1.165) is 32.6 Å². The molecule has 2 nitrogen and oxygen atoms in total. The highest BCUT2D eigenvalue weighted by molar-refractivity contribution is 6.33. The topological polar surface area (TPSA) is 38.9 Å². The molecule has 94 valence electrons. The molecule has 1 aromatic heterocycles. The van der Waals surface area contributed by atoms with Crippen LogP contribution in [0.3, 0.4) is 0 Å². The Morgan fingerprint density at radius 2 is 1.58 bits per heavy atom. The second-order valence-electron chi connectivity index (χ2n) is 4.35. The van der Waals surface area contributed by atoms with E-state index >= 15 is 0 Å². The van der Waals surface area contributed by atoms with Gasteiger partial charge in [-0.3, -0.25) is 4.98 Å². The summed E-state index contributed by atoms with van der Waals surface area (Å²) in [6.07, 6.45) is 1.85. The third-order valence-corrected chi connectivity index (χ3v) is 3.56. The summed E-state index contributed by atoms with van der Waals surface area (Å²) in [5.41, 5.74) is 8.69. The minimum Gasteiger partial charge on any atom is -0.325 e. The summed E-state index contributed by atoms with van der Waals surface area (Å²) in [6, 6.07) is 15.9. The lowest BCUT2D eigenvalue weighted by Gasteiger charge is -2.10. The van der Waals surface area contributed by atoms with Crippen molar-refractivity contribution in [2.45, 2.75) is 6.54 Å². The summed E-state index contributed by atoms with van der Waals surface area (Å²) in [4.78, 5) is 4.46. The Kier molecular flexibility index (Phi) is 3.20. The second-order valence-corrected chi connectivity index (χ2v) is 4.76. The van der Waals surface area contributed by atoms with Gasteiger partial charge < -0.3 is 5.73 Å². The molecule has 0 atom stereocenters. The van der Waals surface area contributed by atoms with Crippen molar-refractivity contribution in [2.75, 3.05) is 0 Å². The van der Waals surface area contributed by atoms with Crippen LogP contribution in [0.4, 0.5) is 0 Å². The second kappa shape index (κ2) is 5.00. The number of aromatic nitrogens is 1. The first-order chi connectivity index (χ1) is 9.31. The van der Waals surface area contributed by atoms with Crippen molar-refractivity contribution in [2.24, 2.45) is 5.73 Å². The Morgan fingerprint density at radius 3 is 2.32 bits per heavy atom. The van der Waals surface area contributed by atoms with Gasteiger partial charge >= 0.3 is 0 Å². The summed E-state index contributed by atoms with van der Waals surface area (Å²) in [7, 11) is 0. The van der Waals surface area contributed by atoms with Crippen molar-refractivity contribution < 1.29 is 0 Å². The first-order valence-corrected chi connectivity index (χ1v) is 6.50. The summed E-state index contributed by atoms with van der Waals surface area (Å²) in [5, 5.41) is 2.95. The van der Waals surface area contributed by atoms with E-state index in [-0.39, 0.29) is 0 Å². The number of nitrogens with zero attached hydrogens (tertiary/aromatic N) is 1. The molecule has 0 fully saturated rings. The molecule has 0 saturated carbocycles. The van der Waals surface area contributed by atoms with Crippen molar-refractivity contribution >= 4 is 22.4 Å². The fourth-order valence-electron chi connectivity index (χ4n) is 2.31. The van der Waals surface area contributed by atoms with Crippen LogP contribution in [0.15, 0.2) is 54.7 Å². The van der Waals surface area contributed by atoms with Crippen molar-refractivity contribution in [1.29, 1.82) is 0 Å². The number of benzene rings is 2. The van der Waals surface area contributed by atoms with Gasteiger partial charge in [0.25, 0.3) is 0 Å². The fraction of sp³-hybridized carbons (Fsp3) is 0.0625. The Morgan fingerprint density at radius 1 is 0.895 bits per heavy atom. The number of pyridine rings is 1. The Bertz CT molecular complexity index is 738. The normalized spacial score (nSPS) is 10.8. The van der Waals surface area contributed by atoms with Crippen molar-refractivity contribution in [3.8, 4) is 11.1 Å². The third kappa shape index (κ3) is 2.09. The number of rotatable bonds is 2. The molecule has 2 N–H and O–H groups in total. The lowest BCUT2D eigenvalue weighted by atomic mass is 9.99. The van der Waals surface area contributed by atoms with Gasteiger partial charge in [0.2, 0.25) is 0 Å². The molecule has 19 heavy (non-hydrogen) atoms. The molecule has 0 amide bonds. The van der Waals surface area contributed by atoms with E-state index in [1.54, 1.807) is 0 Å². The van der Waals surface area contributed by atoms with Crippen molar-refractivity contribution in [3.05, 3.63) is 65.4 Å². The van der Waals surface area contributed by atoms with Gasteiger partial charge in [0.15, 0.2) is 0 Å². The average Bonchev–Trinajstić information content (AvgIpc) is 2.47. The third-order valence-electron chi connectivity index (χ3n) is 3.24. The first-order valence-electron chi connectivity index (χ1n) is 6.13. The standard InChI is InChI=1S/C16H13ClN2/c17-15-8-4-3-6-12(15)14-10-19-16(9-18)13-7-2-1-5-11(13)14/h1-8,10H,9,18H2. The van der Waals surface area contributed by atoms with E-state index in [0.29, 0.717) is 6.54 Å². The highest BCUT2D eigenvalue weighted by atomic mass is 35.5. The van der Waals surface area contributed by atoms with Gasteiger partial charge in [0.05, 0.1) is 5.69 Å². The van der Waals surface area contributed by atoms with Crippen LogP contribution in [0.1, 0.15) is 5.69 Å². The van der Waals surface area contributed by atoms with Crippen LogP contribution in [0.25, 0.3) is 21.9 Å². The number of halogens is 1. The molecule has 0 aliphatic heterocycles. The highest BCUT2D eigenvalue weighted by Crippen LogP contribution is 2.33. The number of hydrogen-bond acceptors (Lipinski definition) is 2. The van der Waals surface area contributed by atoms with Crippen molar-refractivity contribution in [3.63, 3.8) is 0 Å². The molecule has 3 heteroatoms. The van der Waals surface area contributed by atoms with E-state index in [1.165, 1.54) is 0 Å². The van der Waals surface area contributed by atoms with Gasteiger partial charge in [0, 0.05) is 34.3 Å². The minimum atomic E-state index is 0.434. The quantitative estimate of drug-likeness (QED) is 0.763. The SMILES string of the molecule is NCc1ncc(-c2ccccc2Cl)c2ccccc12. The van der Waals surface area contributed by atoms with Crippen LogP contribution in [-0.4, -0.2) is 4.98 Å². The molecule has 0 unspecified atom stereocenters. The lowest BCUT2D eigenvalue weighted by molar-refractivity contribution is 1.01. The van der Waals surface area contributed by atoms with Gasteiger partial charge in [-0.1, -0.05) is 54.1 Å². The zero-order valence-corrected chi connectivity index (χ0v) is 11.1. The first kappa shape index (κ1) is 12.2. The smallest absolute Gasteiger partial charge is 0.0618 e. The zero-order valence-electron chi connectivity index (χ0n) is 10.3. The molecule has 0 saturated heterocycles. The zero-order chi connectivity index (χ0) is 13.2. The molecular formula is C16H13ClN2. The van der Waals surface area contributed by atoms with Gasteiger partial charge in [-0.15, -0.1) is 0 Å². The largest absolute Gasteiger partial charge is 0.325 e. The Labute approximate surface area is 116 Å². The van der Waals surface area contributed by atoms with E-state index in [9.17, 15) is 0 Å². The lowest BCUT2D eigenvalue weighted by Crippen LogP contribution is -2.01. The minimum absolute atomic E-state index is 0.434. The Hall–Kier alpha value is -1.90. The maximum Gasteiger partial charge on any atom is 0.0618 e. The summed E-state index contributed by atoms with van der Waals surface area (Å²) in [6.45, 7) is 0.434.